The van der Waals surface area contributed by atoms with E-state index >= 15 is 0 Å². The Balaban J connectivity index is 4.21. The maximum absolute atomic E-state index is 2.38. The monoisotopic (exact) mass is 184 g/mol. The lowest BCUT2D eigenvalue weighted by Crippen LogP contribution is -2.21. The molecule has 0 aromatic heterocycles. The van der Waals surface area contributed by atoms with Crippen LogP contribution in [0.3, 0.4) is 0 Å². The molecule has 1 unspecified atom stereocenters. The van der Waals surface area contributed by atoms with Gasteiger partial charge in [0.25, 0.3) is 0 Å². The van der Waals surface area contributed by atoms with Crippen molar-refractivity contribution in [3.05, 3.63) is 0 Å². The molecule has 0 saturated carbocycles. The van der Waals surface area contributed by atoms with Crippen molar-refractivity contribution in [1.29, 1.82) is 0 Å². The van der Waals surface area contributed by atoms with Gasteiger partial charge in [0.05, 0.1) is 0 Å². The normalized spacial score (nSPS) is 14.5. The summed E-state index contributed by atoms with van der Waals surface area (Å²) < 4.78 is 0. The Morgan fingerprint density at radius 1 is 0.846 bits per heavy atom. The quantitative estimate of drug-likeness (QED) is 0.559. The van der Waals surface area contributed by atoms with E-state index in [0.29, 0.717) is 0 Å². The summed E-state index contributed by atoms with van der Waals surface area (Å²) in [7, 11) is 0. The molecule has 0 spiro atoms. The molecule has 0 heterocycles. The van der Waals surface area contributed by atoms with Gasteiger partial charge in [0.2, 0.25) is 0 Å². The molecule has 80 valence electrons. The molecule has 0 aliphatic heterocycles. The van der Waals surface area contributed by atoms with Gasteiger partial charge in [-0.15, -0.1) is 0 Å². The van der Waals surface area contributed by atoms with Gasteiger partial charge in [-0.05, 0) is 30.1 Å². The van der Waals surface area contributed by atoms with Gasteiger partial charge in [-0.3, -0.25) is 0 Å². The molecule has 0 heteroatoms. The molecule has 0 radical (unpaired) electrons. The van der Waals surface area contributed by atoms with Crippen LogP contribution in [-0.4, -0.2) is 0 Å². The number of hydrogen-bond acceptors (Lipinski definition) is 0. The molecule has 0 aliphatic carbocycles. The van der Waals surface area contributed by atoms with Gasteiger partial charge in [0.15, 0.2) is 0 Å². The molecule has 1 atom stereocenters. The molecule has 0 bridgehead atoms. The van der Waals surface area contributed by atoms with Gasteiger partial charge in [-0.1, -0.05) is 54.4 Å². The van der Waals surface area contributed by atoms with Crippen LogP contribution in [0.5, 0.6) is 0 Å². The highest BCUT2D eigenvalue weighted by Crippen LogP contribution is 2.31. The second-order valence-corrected chi connectivity index (χ2v) is 5.11. The van der Waals surface area contributed by atoms with Gasteiger partial charge in [-0.25, -0.2) is 0 Å². The van der Waals surface area contributed by atoms with E-state index in [4.69, 9.17) is 0 Å². The Kier molecular flexibility index (Phi) is 6.45. The van der Waals surface area contributed by atoms with Crippen molar-refractivity contribution in [3.63, 3.8) is 0 Å². The molecule has 0 nitrogen and oxygen atoms in total. The zero-order valence-corrected chi connectivity index (χ0v) is 10.4. The third kappa shape index (κ3) is 4.69. The molecule has 13 heavy (non-hydrogen) atoms. The Morgan fingerprint density at radius 3 is 1.54 bits per heavy atom. The van der Waals surface area contributed by atoms with Crippen LogP contribution in [0.25, 0.3) is 0 Å². The van der Waals surface area contributed by atoms with Crippen LogP contribution < -0.4 is 0 Å². The van der Waals surface area contributed by atoms with E-state index in [-0.39, 0.29) is 0 Å². The minimum atomic E-state index is 0.854. The lowest BCUT2D eigenvalue weighted by Gasteiger charge is -2.30. The highest BCUT2D eigenvalue weighted by atomic mass is 14.3. The Hall–Kier alpha value is 0. The van der Waals surface area contributed by atoms with Crippen LogP contribution in [0.1, 0.15) is 60.8 Å². The fourth-order valence-corrected chi connectivity index (χ4v) is 2.45. The summed E-state index contributed by atoms with van der Waals surface area (Å²) in [6, 6.07) is 0. The molecule has 0 amide bonds. The fourth-order valence-electron chi connectivity index (χ4n) is 2.45. The second kappa shape index (κ2) is 6.45. The first-order chi connectivity index (χ1) is 6.02. The Bertz CT molecular complexity index is 109. The highest BCUT2D eigenvalue weighted by molar-refractivity contribution is 4.72. The van der Waals surface area contributed by atoms with Crippen LogP contribution in [0.2, 0.25) is 0 Å². The lowest BCUT2D eigenvalue weighted by atomic mass is 9.76. The maximum atomic E-state index is 2.38. The van der Waals surface area contributed by atoms with E-state index in [9.17, 15) is 0 Å². The van der Waals surface area contributed by atoms with Crippen molar-refractivity contribution < 1.29 is 0 Å². The summed E-state index contributed by atoms with van der Waals surface area (Å²) in [5.41, 5.74) is 0. The molecule has 0 rings (SSSR count). The summed E-state index contributed by atoms with van der Waals surface area (Å²) >= 11 is 0. The minimum absolute atomic E-state index is 0.854. The van der Waals surface area contributed by atoms with Gasteiger partial charge in [0, 0.05) is 0 Å². The first-order valence-electron chi connectivity index (χ1n) is 6.02. The summed E-state index contributed by atoms with van der Waals surface area (Å²) in [5.74, 6) is 3.60. The molecule has 0 aliphatic rings. The molecular formula is C13H28. The topological polar surface area (TPSA) is 0 Å². The highest BCUT2D eigenvalue weighted by Gasteiger charge is 2.22. The van der Waals surface area contributed by atoms with Crippen molar-refractivity contribution in [1.82, 2.24) is 0 Å². The molecule has 0 aromatic rings. The Morgan fingerprint density at radius 2 is 1.31 bits per heavy atom. The average Bonchev–Trinajstić information content (AvgIpc) is 2.04. The van der Waals surface area contributed by atoms with Crippen molar-refractivity contribution in [2.75, 3.05) is 0 Å². The van der Waals surface area contributed by atoms with Crippen molar-refractivity contribution in [2.45, 2.75) is 60.8 Å². The van der Waals surface area contributed by atoms with E-state index in [1.54, 1.807) is 0 Å². The van der Waals surface area contributed by atoms with Crippen LogP contribution in [0.15, 0.2) is 0 Å². The summed E-state index contributed by atoms with van der Waals surface area (Å²) in [6.07, 6.45) is 4.11. The van der Waals surface area contributed by atoms with Crippen molar-refractivity contribution in [3.8, 4) is 0 Å². The SMILES string of the molecule is CCC(CC)C(CC(C)C)C(C)C. The van der Waals surface area contributed by atoms with Crippen molar-refractivity contribution in [2.24, 2.45) is 23.7 Å². The molecule has 0 N–H and O–H groups in total. The molecule has 0 aromatic carbocycles. The third-order valence-corrected chi connectivity index (χ3v) is 3.25. The van der Waals surface area contributed by atoms with Crippen LogP contribution in [-0.2, 0) is 0 Å². The van der Waals surface area contributed by atoms with E-state index in [2.05, 4.69) is 41.5 Å². The van der Waals surface area contributed by atoms with Crippen LogP contribution >= 0.6 is 0 Å². The smallest absolute Gasteiger partial charge is 0.0360 e. The third-order valence-electron chi connectivity index (χ3n) is 3.25. The van der Waals surface area contributed by atoms with Gasteiger partial charge < -0.3 is 0 Å². The van der Waals surface area contributed by atoms with Crippen LogP contribution in [0.4, 0.5) is 0 Å². The van der Waals surface area contributed by atoms with Gasteiger partial charge in [0.1, 0.15) is 0 Å². The van der Waals surface area contributed by atoms with E-state index in [0.717, 1.165) is 23.7 Å². The second-order valence-electron chi connectivity index (χ2n) is 5.11. The van der Waals surface area contributed by atoms with Gasteiger partial charge in [-0.2, -0.15) is 0 Å². The largest absolute Gasteiger partial charge is 0.0651 e. The zero-order chi connectivity index (χ0) is 10.4. The van der Waals surface area contributed by atoms with E-state index in [1.807, 2.05) is 0 Å². The predicted molar refractivity (Wildman–Crippen MR) is 61.9 cm³/mol. The fraction of sp³-hybridized carbons (Fsp3) is 1.00. The standard InChI is InChI=1S/C13H28/c1-7-12(8-2)13(11(5)6)9-10(3)4/h10-13H,7-9H2,1-6H3. The van der Waals surface area contributed by atoms with E-state index in [1.165, 1.54) is 19.3 Å². The lowest BCUT2D eigenvalue weighted by molar-refractivity contribution is 0.202. The average molecular weight is 184 g/mol. The summed E-state index contributed by atoms with van der Waals surface area (Å²) in [5, 5.41) is 0. The molecule has 0 fully saturated rings. The van der Waals surface area contributed by atoms with Crippen molar-refractivity contribution >= 4 is 0 Å². The predicted octanol–water partition coefficient (Wildman–Crippen LogP) is 4.74. The molecule has 0 saturated heterocycles. The van der Waals surface area contributed by atoms with E-state index < -0.39 is 0 Å². The first-order valence-corrected chi connectivity index (χ1v) is 6.02. The summed E-state index contributed by atoms with van der Waals surface area (Å²) in [6.45, 7) is 14.1. The maximum Gasteiger partial charge on any atom is -0.0360 e. The minimum Gasteiger partial charge on any atom is -0.0651 e. The Labute approximate surface area is 85.1 Å². The summed E-state index contributed by atoms with van der Waals surface area (Å²) in [4.78, 5) is 0. The molecular weight excluding hydrogens is 156 g/mol. The van der Waals surface area contributed by atoms with Crippen LogP contribution in [0, 0.1) is 23.7 Å². The number of hydrogen-bond donors (Lipinski definition) is 0. The van der Waals surface area contributed by atoms with Gasteiger partial charge >= 0.3 is 0 Å². The zero-order valence-electron chi connectivity index (χ0n) is 10.4. The number of rotatable bonds is 6. The first kappa shape index (κ1) is 13.0.